The highest BCUT2D eigenvalue weighted by Gasteiger charge is 2.10. The lowest BCUT2D eigenvalue weighted by atomic mass is 10.1. The minimum absolute atomic E-state index is 0.258. The average molecular weight is 275 g/mol. The maximum absolute atomic E-state index is 11.0. The lowest BCUT2D eigenvalue weighted by molar-refractivity contribution is 0.561. The fourth-order valence-electron chi connectivity index (χ4n) is 1.84. The molecule has 1 rings (SSSR count). The number of nitrogens with one attached hydrogen (secondary N) is 1. The lowest BCUT2D eigenvalue weighted by Crippen LogP contribution is -2.22. The van der Waals surface area contributed by atoms with E-state index in [1.54, 1.807) is 11.3 Å². The van der Waals surface area contributed by atoms with Gasteiger partial charge in [-0.05, 0) is 45.4 Å². The van der Waals surface area contributed by atoms with Crippen molar-refractivity contribution < 1.29 is 8.42 Å². The van der Waals surface area contributed by atoms with E-state index in [1.165, 1.54) is 21.6 Å². The highest BCUT2D eigenvalue weighted by atomic mass is 32.2. The SMILES string of the molecule is Cc1cc(C(C)NCCCS(C)(=O)=O)c(C)s1. The van der Waals surface area contributed by atoms with Gasteiger partial charge in [0.1, 0.15) is 9.84 Å². The monoisotopic (exact) mass is 275 g/mol. The van der Waals surface area contributed by atoms with Crippen LogP contribution in [-0.4, -0.2) is 27.0 Å². The van der Waals surface area contributed by atoms with Crippen molar-refractivity contribution >= 4 is 21.2 Å². The van der Waals surface area contributed by atoms with Crippen LogP contribution in [0.25, 0.3) is 0 Å². The van der Waals surface area contributed by atoms with Gasteiger partial charge in [-0.25, -0.2) is 8.42 Å². The first-order valence-corrected chi connectivity index (χ1v) is 8.65. The molecular weight excluding hydrogens is 254 g/mol. The van der Waals surface area contributed by atoms with Gasteiger partial charge < -0.3 is 5.32 Å². The molecule has 0 aliphatic rings. The summed E-state index contributed by atoms with van der Waals surface area (Å²) >= 11 is 1.81. The van der Waals surface area contributed by atoms with Crippen LogP contribution in [0.1, 0.15) is 34.7 Å². The van der Waals surface area contributed by atoms with E-state index in [4.69, 9.17) is 0 Å². The van der Waals surface area contributed by atoms with Gasteiger partial charge in [0.05, 0.1) is 5.75 Å². The average Bonchev–Trinajstić information content (AvgIpc) is 2.51. The molecule has 1 heterocycles. The second kappa shape index (κ2) is 5.98. The van der Waals surface area contributed by atoms with Crippen LogP contribution < -0.4 is 5.32 Å². The van der Waals surface area contributed by atoms with Gasteiger partial charge in [0.2, 0.25) is 0 Å². The first-order chi connectivity index (χ1) is 7.79. The highest BCUT2D eigenvalue weighted by Crippen LogP contribution is 2.25. The van der Waals surface area contributed by atoms with Crippen molar-refractivity contribution in [1.29, 1.82) is 0 Å². The van der Waals surface area contributed by atoms with Crippen LogP contribution in [0.2, 0.25) is 0 Å². The molecule has 0 bridgehead atoms. The number of rotatable bonds is 6. The van der Waals surface area contributed by atoms with Gasteiger partial charge in [0, 0.05) is 22.1 Å². The third-order valence-electron chi connectivity index (χ3n) is 2.69. The Kier molecular flexibility index (Phi) is 5.16. The number of aryl methyl sites for hydroxylation is 2. The van der Waals surface area contributed by atoms with Crippen LogP contribution in [0.4, 0.5) is 0 Å². The first kappa shape index (κ1) is 14.7. The molecule has 1 atom stereocenters. The van der Waals surface area contributed by atoms with Gasteiger partial charge in [-0.1, -0.05) is 0 Å². The summed E-state index contributed by atoms with van der Waals surface area (Å²) in [4.78, 5) is 2.66. The second-order valence-corrected chi connectivity index (χ2v) is 8.25. The molecule has 0 saturated heterocycles. The molecule has 1 N–H and O–H groups in total. The van der Waals surface area contributed by atoms with Crippen molar-refractivity contribution in [2.45, 2.75) is 33.2 Å². The zero-order valence-corrected chi connectivity index (χ0v) is 12.5. The van der Waals surface area contributed by atoms with E-state index in [0.717, 1.165) is 6.54 Å². The van der Waals surface area contributed by atoms with Gasteiger partial charge in [-0.2, -0.15) is 0 Å². The van der Waals surface area contributed by atoms with Crippen molar-refractivity contribution in [3.05, 3.63) is 21.4 Å². The Morgan fingerprint density at radius 3 is 2.53 bits per heavy atom. The van der Waals surface area contributed by atoms with Crippen molar-refractivity contribution in [2.75, 3.05) is 18.6 Å². The molecule has 0 spiro atoms. The molecule has 17 heavy (non-hydrogen) atoms. The Balaban J connectivity index is 2.40. The van der Waals surface area contributed by atoms with Gasteiger partial charge >= 0.3 is 0 Å². The van der Waals surface area contributed by atoms with Crippen molar-refractivity contribution in [3.8, 4) is 0 Å². The molecule has 0 aliphatic heterocycles. The Hall–Kier alpha value is -0.390. The number of hydrogen-bond donors (Lipinski definition) is 1. The van der Waals surface area contributed by atoms with E-state index < -0.39 is 9.84 Å². The third-order valence-corrected chi connectivity index (χ3v) is 4.70. The number of sulfone groups is 1. The Morgan fingerprint density at radius 1 is 1.41 bits per heavy atom. The smallest absolute Gasteiger partial charge is 0.147 e. The summed E-state index contributed by atoms with van der Waals surface area (Å²) in [5, 5.41) is 3.37. The number of thiophene rings is 1. The lowest BCUT2D eigenvalue weighted by Gasteiger charge is -2.13. The molecule has 0 fully saturated rings. The molecule has 0 amide bonds. The summed E-state index contributed by atoms with van der Waals surface area (Å²) in [5.41, 5.74) is 1.33. The predicted octanol–water partition coefficient (Wildman–Crippen LogP) is 2.45. The maximum atomic E-state index is 11.0. The second-order valence-electron chi connectivity index (χ2n) is 4.53. The zero-order chi connectivity index (χ0) is 13.1. The van der Waals surface area contributed by atoms with Crippen LogP contribution >= 0.6 is 11.3 Å². The molecule has 0 radical (unpaired) electrons. The van der Waals surface area contributed by atoms with E-state index in [2.05, 4.69) is 32.2 Å². The summed E-state index contributed by atoms with van der Waals surface area (Å²) < 4.78 is 22.0. The fraction of sp³-hybridized carbons (Fsp3) is 0.667. The van der Waals surface area contributed by atoms with Crippen molar-refractivity contribution in [3.63, 3.8) is 0 Å². The first-order valence-electron chi connectivity index (χ1n) is 5.77. The van der Waals surface area contributed by atoms with Crippen LogP contribution in [0, 0.1) is 13.8 Å². The molecule has 1 aromatic heterocycles. The Morgan fingerprint density at radius 2 is 2.06 bits per heavy atom. The zero-order valence-electron chi connectivity index (χ0n) is 10.9. The topological polar surface area (TPSA) is 46.2 Å². The van der Waals surface area contributed by atoms with Gasteiger partial charge in [0.25, 0.3) is 0 Å². The van der Waals surface area contributed by atoms with Gasteiger partial charge in [-0.15, -0.1) is 11.3 Å². The maximum Gasteiger partial charge on any atom is 0.147 e. The molecule has 1 aromatic rings. The summed E-state index contributed by atoms with van der Waals surface area (Å²) in [6.07, 6.45) is 1.95. The minimum atomic E-state index is -2.83. The highest BCUT2D eigenvalue weighted by molar-refractivity contribution is 7.90. The van der Waals surface area contributed by atoms with Gasteiger partial charge in [-0.3, -0.25) is 0 Å². The van der Waals surface area contributed by atoms with Crippen molar-refractivity contribution in [2.24, 2.45) is 0 Å². The standard InChI is InChI=1S/C12H21NO2S2/c1-9-8-12(11(3)16-9)10(2)13-6-5-7-17(4,14)15/h8,10,13H,5-7H2,1-4H3. The van der Waals surface area contributed by atoms with Crippen LogP contribution in [0.3, 0.4) is 0 Å². The van der Waals surface area contributed by atoms with E-state index in [0.29, 0.717) is 12.5 Å². The summed E-state index contributed by atoms with van der Waals surface area (Å²) in [6.45, 7) is 7.09. The quantitative estimate of drug-likeness (QED) is 0.811. The van der Waals surface area contributed by atoms with Crippen LogP contribution in [0.15, 0.2) is 6.07 Å². The number of hydrogen-bond acceptors (Lipinski definition) is 4. The summed E-state index contributed by atoms with van der Waals surface area (Å²) in [6, 6.07) is 2.49. The van der Waals surface area contributed by atoms with E-state index in [-0.39, 0.29) is 5.75 Å². The summed E-state index contributed by atoms with van der Waals surface area (Å²) in [5.74, 6) is 0.258. The van der Waals surface area contributed by atoms with Crippen LogP contribution in [-0.2, 0) is 9.84 Å². The fourth-order valence-corrected chi connectivity index (χ4v) is 3.53. The largest absolute Gasteiger partial charge is 0.310 e. The Labute approximate surface area is 108 Å². The third kappa shape index (κ3) is 5.19. The van der Waals surface area contributed by atoms with E-state index in [1.807, 2.05) is 0 Å². The molecule has 0 saturated carbocycles. The Bertz CT molecular complexity index is 463. The van der Waals surface area contributed by atoms with Crippen molar-refractivity contribution in [1.82, 2.24) is 5.32 Å². The molecular formula is C12H21NO2S2. The molecule has 0 aromatic carbocycles. The molecule has 98 valence electrons. The van der Waals surface area contributed by atoms with E-state index in [9.17, 15) is 8.42 Å². The molecule has 5 heteroatoms. The molecule has 1 unspecified atom stereocenters. The molecule has 0 aliphatic carbocycles. The normalized spacial score (nSPS) is 13.9. The molecule has 3 nitrogen and oxygen atoms in total. The minimum Gasteiger partial charge on any atom is -0.310 e. The van der Waals surface area contributed by atoms with E-state index >= 15 is 0 Å². The predicted molar refractivity (Wildman–Crippen MR) is 74.5 cm³/mol. The van der Waals surface area contributed by atoms with Crippen LogP contribution in [0.5, 0.6) is 0 Å². The summed E-state index contributed by atoms with van der Waals surface area (Å²) in [7, 11) is -2.83. The van der Waals surface area contributed by atoms with Gasteiger partial charge in [0.15, 0.2) is 0 Å².